The highest BCUT2D eigenvalue weighted by molar-refractivity contribution is 5.99. The first-order valence-corrected chi connectivity index (χ1v) is 6.52. The summed E-state index contributed by atoms with van der Waals surface area (Å²) < 4.78 is 0. The summed E-state index contributed by atoms with van der Waals surface area (Å²) in [6.45, 7) is 3.46. The smallest absolute Gasteiger partial charge is 0.323 e. The zero-order valence-corrected chi connectivity index (χ0v) is 12.2. The van der Waals surface area contributed by atoms with E-state index in [9.17, 15) is 14.9 Å². The number of anilines is 3. The average Bonchev–Trinajstić information content (AvgIpc) is 2.44. The molecular formula is C15H16N4O3. The zero-order chi connectivity index (χ0) is 16.4. The van der Waals surface area contributed by atoms with Crippen LogP contribution in [0.2, 0.25) is 0 Å². The number of urea groups is 1. The van der Waals surface area contributed by atoms with Gasteiger partial charge in [-0.05, 0) is 37.6 Å². The van der Waals surface area contributed by atoms with Crippen LogP contribution >= 0.6 is 0 Å². The molecule has 0 aliphatic heterocycles. The summed E-state index contributed by atoms with van der Waals surface area (Å²) in [5.41, 5.74) is 13.8. The number of nitro benzene ring substituents is 1. The van der Waals surface area contributed by atoms with Crippen molar-refractivity contribution in [2.45, 2.75) is 13.8 Å². The summed E-state index contributed by atoms with van der Waals surface area (Å²) in [6, 6.07) is 8.78. The molecule has 0 spiro atoms. The summed E-state index contributed by atoms with van der Waals surface area (Å²) in [6.07, 6.45) is 0. The fourth-order valence-corrected chi connectivity index (χ4v) is 2.10. The van der Waals surface area contributed by atoms with Crippen molar-refractivity contribution < 1.29 is 9.72 Å². The Morgan fingerprint density at radius 1 is 1.09 bits per heavy atom. The molecule has 0 heterocycles. The van der Waals surface area contributed by atoms with E-state index in [-0.39, 0.29) is 5.69 Å². The van der Waals surface area contributed by atoms with Crippen LogP contribution < -0.4 is 16.4 Å². The highest BCUT2D eigenvalue weighted by Gasteiger charge is 2.20. The second-order valence-corrected chi connectivity index (χ2v) is 4.94. The van der Waals surface area contributed by atoms with Crippen LogP contribution in [0, 0.1) is 24.0 Å². The second-order valence-electron chi connectivity index (χ2n) is 4.94. The van der Waals surface area contributed by atoms with E-state index in [2.05, 4.69) is 0 Å². The molecule has 0 fully saturated rings. The van der Waals surface area contributed by atoms with Crippen LogP contribution in [0.5, 0.6) is 0 Å². The lowest BCUT2D eigenvalue weighted by molar-refractivity contribution is -0.385. The highest BCUT2D eigenvalue weighted by atomic mass is 16.6. The number of nitrogen functional groups attached to an aromatic ring is 1. The van der Waals surface area contributed by atoms with Gasteiger partial charge in [0.25, 0.3) is 5.69 Å². The average molecular weight is 300 g/mol. The summed E-state index contributed by atoms with van der Waals surface area (Å²) in [4.78, 5) is 23.5. The van der Waals surface area contributed by atoms with Crippen LogP contribution in [0.1, 0.15) is 11.1 Å². The van der Waals surface area contributed by atoms with Gasteiger partial charge in [-0.1, -0.05) is 12.1 Å². The van der Waals surface area contributed by atoms with Gasteiger partial charge in [0.15, 0.2) is 0 Å². The fraction of sp³-hybridized carbons (Fsp3) is 0.133. The molecule has 7 heteroatoms. The first-order chi connectivity index (χ1) is 10.3. The van der Waals surface area contributed by atoms with E-state index in [0.29, 0.717) is 22.6 Å². The third-order valence-electron chi connectivity index (χ3n) is 3.39. The molecule has 2 aromatic rings. The van der Waals surface area contributed by atoms with Gasteiger partial charge >= 0.3 is 6.03 Å². The van der Waals surface area contributed by atoms with Crippen molar-refractivity contribution >= 4 is 28.8 Å². The van der Waals surface area contributed by atoms with Crippen molar-refractivity contribution in [3.8, 4) is 0 Å². The van der Waals surface area contributed by atoms with Crippen LogP contribution in [0.25, 0.3) is 0 Å². The minimum Gasteiger partial charge on any atom is -0.398 e. The van der Waals surface area contributed by atoms with Crippen molar-refractivity contribution in [2.75, 3.05) is 10.6 Å². The topological polar surface area (TPSA) is 115 Å². The van der Waals surface area contributed by atoms with Gasteiger partial charge in [0.1, 0.15) is 0 Å². The Morgan fingerprint density at radius 2 is 1.64 bits per heavy atom. The lowest BCUT2D eigenvalue weighted by atomic mass is 10.1. The molecule has 0 saturated carbocycles. The first kappa shape index (κ1) is 15.3. The van der Waals surface area contributed by atoms with Crippen LogP contribution in [0.4, 0.5) is 27.5 Å². The van der Waals surface area contributed by atoms with Crippen molar-refractivity contribution in [2.24, 2.45) is 5.73 Å². The number of primary amides is 1. The van der Waals surface area contributed by atoms with Gasteiger partial charge in [0.2, 0.25) is 0 Å². The van der Waals surface area contributed by atoms with Gasteiger partial charge in [-0.15, -0.1) is 0 Å². The Labute approximate surface area is 127 Å². The fourth-order valence-electron chi connectivity index (χ4n) is 2.10. The van der Waals surface area contributed by atoms with Crippen LogP contribution in [0.15, 0.2) is 36.4 Å². The maximum Gasteiger partial charge on any atom is 0.323 e. The predicted octanol–water partition coefficient (Wildman–Crippen LogP) is 3.01. The maximum atomic E-state index is 11.8. The van der Waals surface area contributed by atoms with Gasteiger partial charge in [-0.2, -0.15) is 0 Å². The van der Waals surface area contributed by atoms with Crippen LogP contribution in [-0.4, -0.2) is 11.0 Å². The summed E-state index contributed by atoms with van der Waals surface area (Å²) in [7, 11) is 0. The molecule has 0 atom stereocenters. The SMILES string of the molecule is Cc1ccc(N(C(N)=O)c2ccc(C)c([N+](=O)[O-])c2)cc1N. The molecule has 22 heavy (non-hydrogen) atoms. The van der Waals surface area contributed by atoms with Gasteiger partial charge in [0.05, 0.1) is 16.3 Å². The summed E-state index contributed by atoms with van der Waals surface area (Å²) in [5, 5.41) is 11.1. The van der Waals surface area contributed by atoms with Crippen molar-refractivity contribution in [3.63, 3.8) is 0 Å². The monoisotopic (exact) mass is 300 g/mol. The number of carbonyl (C=O) groups excluding carboxylic acids is 1. The van der Waals surface area contributed by atoms with Gasteiger partial charge in [0, 0.05) is 17.3 Å². The normalized spacial score (nSPS) is 10.3. The van der Waals surface area contributed by atoms with Crippen molar-refractivity contribution in [3.05, 3.63) is 57.6 Å². The number of carbonyl (C=O) groups is 1. The van der Waals surface area contributed by atoms with Crippen LogP contribution in [-0.2, 0) is 0 Å². The summed E-state index contributed by atoms with van der Waals surface area (Å²) in [5.74, 6) is 0. The second kappa shape index (κ2) is 5.72. The number of hydrogen-bond donors (Lipinski definition) is 2. The predicted molar refractivity (Wildman–Crippen MR) is 85.1 cm³/mol. The van der Waals surface area contributed by atoms with Crippen molar-refractivity contribution in [1.82, 2.24) is 0 Å². The Morgan fingerprint density at radius 3 is 2.14 bits per heavy atom. The highest BCUT2D eigenvalue weighted by Crippen LogP contribution is 2.31. The largest absolute Gasteiger partial charge is 0.398 e. The minimum atomic E-state index is -0.749. The van der Waals surface area contributed by atoms with E-state index < -0.39 is 11.0 Å². The van der Waals surface area contributed by atoms with Crippen molar-refractivity contribution in [1.29, 1.82) is 0 Å². The van der Waals surface area contributed by atoms with Gasteiger partial charge in [-0.3, -0.25) is 15.0 Å². The lowest BCUT2D eigenvalue weighted by Gasteiger charge is -2.21. The van der Waals surface area contributed by atoms with E-state index >= 15 is 0 Å². The first-order valence-electron chi connectivity index (χ1n) is 6.52. The Balaban J connectivity index is 2.57. The summed E-state index contributed by atoms with van der Waals surface area (Å²) >= 11 is 0. The molecule has 114 valence electrons. The number of amides is 2. The third-order valence-corrected chi connectivity index (χ3v) is 3.39. The molecule has 0 aliphatic carbocycles. The van der Waals surface area contributed by atoms with E-state index in [4.69, 9.17) is 11.5 Å². The molecule has 2 rings (SSSR count). The molecule has 0 radical (unpaired) electrons. The third kappa shape index (κ3) is 2.83. The van der Waals surface area contributed by atoms with E-state index in [0.717, 1.165) is 5.56 Å². The molecule has 0 aromatic heterocycles. The minimum absolute atomic E-state index is 0.0798. The number of hydrogen-bond acceptors (Lipinski definition) is 4. The maximum absolute atomic E-state index is 11.8. The van der Waals surface area contributed by atoms with E-state index in [1.165, 1.54) is 11.0 Å². The Kier molecular flexibility index (Phi) is 3.98. The quantitative estimate of drug-likeness (QED) is 0.515. The molecular weight excluding hydrogens is 284 g/mol. The Bertz CT molecular complexity index is 758. The molecule has 7 nitrogen and oxygen atoms in total. The van der Waals surface area contributed by atoms with E-state index in [1.807, 2.05) is 6.92 Å². The number of aryl methyl sites for hydroxylation is 2. The van der Waals surface area contributed by atoms with Crippen LogP contribution in [0.3, 0.4) is 0 Å². The molecule has 0 bridgehead atoms. The lowest BCUT2D eigenvalue weighted by Crippen LogP contribution is -2.31. The zero-order valence-electron chi connectivity index (χ0n) is 12.2. The number of nitrogens with zero attached hydrogens (tertiary/aromatic N) is 2. The number of benzene rings is 2. The van der Waals surface area contributed by atoms with Gasteiger partial charge < -0.3 is 11.5 Å². The molecule has 0 unspecified atom stereocenters. The number of nitro groups is 1. The molecule has 2 amide bonds. The number of rotatable bonds is 3. The van der Waals surface area contributed by atoms with E-state index in [1.54, 1.807) is 37.3 Å². The molecule has 0 aliphatic rings. The van der Waals surface area contributed by atoms with Gasteiger partial charge in [-0.25, -0.2) is 4.79 Å². The Hall–Kier alpha value is -3.09. The molecule has 0 saturated heterocycles. The molecule has 4 N–H and O–H groups in total. The molecule has 2 aromatic carbocycles. The standard InChI is InChI=1S/C15H16N4O3/c1-9-3-5-11(7-13(9)16)18(15(17)20)12-6-4-10(2)14(8-12)19(21)22/h3-8H,16H2,1-2H3,(H2,17,20). The number of nitrogens with two attached hydrogens (primary N) is 2.